The lowest BCUT2D eigenvalue weighted by Crippen LogP contribution is -2.30. The number of rotatable bonds is 7. The van der Waals surface area contributed by atoms with E-state index in [1.807, 2.05) is 0 Å². The maximum atomic E-state index is 12.0. The molecule has 7 N–H and O–H groups in total. The zero-order valence-electron chi connectivity index (χ0n) is 20.6. The Labute approximate surface area is 223 Å². The molecule has 4 rings (SSSR count). The Hall–Kier alpha value is -4.75. The third-order valence-electron chi connectivity index (χ3n) is 5.11. The lowest BCUT2D eigenvalue weighted by atomic mass is 9.81. The average molecular weight is 530 g/mol. The summed E-state index contributed by atoms with van der Waals surface area (Å²) in [5, 5.41) is 50.4. The minimum Gasteiger partial charge on any atom is -0.508 e. The summed E-state index contributed by atoms with van der Waals surface area (Å²) in [4.78, 5) is 31.5. The van der Waals surface area contributed by atoms with Gasteiger partial charge in [0.2, 0.25) is 0 Å². The van der Waals surface area contributed by atoms with Crippen molar-refractivity contribution >= 4 is 48.4 Å². The Morgan fingerprint density at radius 3 is 1.49 bits per heavy atom. The summed E-state index contributed by atoms with van der Waals surface area (Å²) in [6.45, 7) is 0. The van der Waals surface area contributed by atoms with Crippen molar-refractivity contribution in [3.8, 4) is 11.5 Å². The molecule has 0 aliphatic heterocycles. The first kappa shape index (κ1) is 28.8. The number of aromatic nitrogens is 2. The fourth-order valence-electron chi connectivity index (χ4n) is 3.10. The molecule has 0 fully saturated rings. The number of amides is 2. The van der Waals surface area contributed by atoms with Crippen molar-refractivity contribution in [2.45, 2.75) is 0 Å². The van der Waals surface area contributed by atoms with Gasteiger partial charge in [-0.15, -0.1) is 0 Å². The Morgan fingerprint density at radius 2 is 1.10 bits per heavy atom. The number of hydrogen-bond donors (Lipinski definition) is 7. The summed E-state index contributed by atoms with van der Waals surface area (Å²) in [5.74, 6) is 0.0302. The van der Waals surface area contributed by atoms with Crippen LogP contribution >= 0.6 is 0 Å². The summed E-state index contributed by atoms with van der Waals surface area (Å²) >= 11 is 0. The van der Waals surface area contributed by atoms with Crippen LogP contribution < -0.4 is 26.3 Å². The summed E-state index contributed by atoms with van der Waals surface area (Å²) in [5.41, 5.74) is 1.95. The molecule has 4 aromatic rings. The Kier molecular flexibility index (Phi) is 10.1. The molecule has 2 amide bonds. The fraction of sp³-hybridized carbons (Fsp3) is 0.0400. The van der Waals surface area contributed by atoms with Gasteiger partial charge < -0.3 is 40.6 Å². The molecule has 0 atom stereocenters. The van der Waals surface area contributed by atoms with E-state index >= 15 is 0 Å². The van der Waals surface area contributed by atoms with Crippen LogP contribution in [0.1, 0.15) is 20.7 Å². The van der Waals surface area contributed by atoms with Gasteiger partial charge in [0.25, 0.3) is 11.8 Å². The number of pyridine rings is 2. The van der Waals surface area contributed by atoms with Gasteiger partial charge in [-0.2, -0.15) is 0 Å². The molecule has 2 aromatic heterocycles. The average Bonchev–Trinajstić information content (AvgIpc) is 2.94. The third-order valence-corrected chi connectivity index (χ3v) is 5.11. The Morgan fingerprint density at radius 1 is 0.692 bits per heavy atom. The topological polar surface area (TPSA) is 194 Å². The number of methoxy groups -OCH3 is 1. The van der Waals surface area contributed by atoms with E-state index in [0.717, 1.165) is 0 Å². The SMILES string of the molecule is COc1ccc(C(=O)Nc2cncc(B(O)O)c2)cc1.O=C(Nc1cncc(B(O)O)c1)c1ccc(O)cc1. The number of phenols is 1. The number of phenolic OH excluding ortho intramolecular Hbond substituents is 1. The van der Waals surface area contributed by atoms with E-state index in [9.17, 15) is 9.59 Å². The predicted octanol–water partition coefficient (Wildman–Crippen LogP) is -0.258. The van der Waals surface area contributed by atoms with Crippen molar-refractivity contribution in [2.75, 3.05) is 17.7 Å². The molecule has 0 unspecified atom stereocenters. The highest BCUT2D eigenvalue weighted by molar-refractivity contribution is 6.59. The van der Waals surface area contributed by atoms with E-state index in [1.165, 1.54) is 61.2 Å². The number of benzene rings is 2. The van der Waals surface area contributed by atoms with Crippen molar-refractivity contribution in [1.82, 2.24) is 9.97 Å². The summed E-state index contributed by atoms with van der Waals surface area (Å²) < 4.78 is 5.01. The summed E-state index contributed by atoms with van der Waals surface area (Å²) in [6.07, 6.45) is 5.42. The molecule has 0 bridgehead atoms. The van der Waals surface area contributed by atoms with Gasteiger partial charge in [-0.05, 0) is 60.7 Å². The molecular weight excluding hydrogens is 506 g/mol. The van der Waals surface area contributed by atoms with Gasteiger partial charge in [-0.1, -0.05) is 0 Å². The number of anilines is 2. The molecule has 12 nitrogen and oxygen atoms in total. The van der Waals surface area contributed by atoms with Gasteiger partial charge in [0, 0.05) is 34.4 Å². The predicted molar refractivity (Wildman–Crippen MR) is 145 cm³/mol. The van der Waals surface area contributed by atoms with E-state index in [-0.39, 0.29) is 28.5 Å². The Bertz CT molecular complexity index is 1400. The number of aromatic hydroxyl groups is 1. The number of carbonyl (C=O) groups is 2. The van der Waals surface area contributed by atoms with Crippen LogP contribution in [0.5, 0.6) is 11.5 Å². The van der Waals surface area contributed by atoms with Crippen LogP contribution in [0.4, 0.5) is 11.4 Å². The smallest absolute Gasteiger partial charge is 0.490 e. The first-order valence-electron chi connectivity index (χ1n) is 11.3. The highest BCUT2D eigenvalue weighted by Crippen LogP contribution is 2.13. The van der Waals surface area contributed by atoms with Gasteiger partial charge in [0.15, 0.2) is 0 Å². The van der Waals surface area contributed by atoms with Crippen LogP contribution in [0.2, 0.25) is 0 Å². The molecular formula is C25H24B2N4O8. The van der Waals surface area contributed by atoms with Crippen LogP contribution in [0.15, 0.2) is 85.5 Å². The first-order chi connectivity index (χ1) is 18.7. The normalized spacial score (nSPS) is 9.97. The molecule has 0 aliphatic carbocycles. The first-order valence-corrected chi connectivity index (χ1v) is 11.3. The van der Waals surface area contributed by atoms with Crippen LogP contribution in [0.3, 0.4) is 0 Å². The molecule has 2 heterocycles. The molecule has 2 aromatic carbocycles. The zero-order valence-corrected chi connectivity index (χ0v) is 20.6. The second-order valence-electron chi connectivity index (χ2n) is 7.94. The van der Waals surface area contributed by atoms with E-state index < -0.39 is 14.2 Å². The van der Waals surface area contributed by atoms with E-state index in [0.29, 0.717) is 28.3 Å². The number of ether oxygens (including phenoxy) is 1. The number of nitrogens with one attached hydrogen (secondary N) is 2. The fourth-order valence-corrected chi connectivity index (χ4v) is 3.10. The second kappa shape index (κ2) is 13.7. The second-order valence-corrected chi connectivity index (χ2v) is 7.94. The molecule has 198 valence electrons. The minimum absolute atomic E-state index is 0.0728. The molecule has 0 saturated heterocycles. The lowest BCUT2D eigenvalue weighted by molar-refractivity contribution is 0.101. The van der Waals surface area contributed by atoms with Gasteiger partial charge in [-0.3, -0.25) is 19.6 Å². The number of nitrogens with zero attached hydrogens (tertiary/aromatic N) is 2. The van der Waals surface area contributed by atoms with E-state index in [1.54, 1.807) is 31.4 Å². The van der Waals surface area contributed by atoms with Crippen molar-refractivity contribution in [3.05, 3.63) is 96.6 Å². The number of carbonyl (C=O) groups excluding carboxylic acids is 2. The van der Waals surface area contributed by atoms with Crippen LogP contribution in [-0.4, -0.2) is 68.3 Å². The molecule has 0 spiro atoms. The van der Waals surface area contributed by atoms with Crippen molar-refractivity contribution in [1.29, 1.82) is 0 Å². The van der Waals surface area contributed by atoms with Gasteiger partial charge in [0.1, 0.15) is 11.5 Å². The van der Waals surface area contributed by atoms with Crippen LogP contribution in [0, 0.1) is 0 Å². The molecule has 39 heavy (non-hydrogen) atoms. The zero-order chi connectivity index (χ0) is 28.4. The highest BCUT2D eigenvalue weighted by atomic mass is 16.5. The molecule has 0 saturated carbocycles. The van der Waals surface area contributed by atoms with Crippen LogP contribution in [0.25, 0.3) is 0 Å². The van der Waals surface area contributed by atoms with Gasteiger partial charge in [-0.25, -0.2) is 0 Å². The third kappa shape index (κ3) is 8.66. The lowest BCUT2D eigenvalue weighted by Gasteiger charge is -2.07. The maximum absolute atomic E-state index is 12.0. The van der Waals surface area contributed by atoms with Crippen LogP contribution in [-0.2, 0) is 0 Å². The Balaban J connectivity index is 0.000000216. The summed E-state index contributed by atoms with van der Waals surface area (Å²) in [6, 6.07) is 15.2. The summed E-state index contributed by atoms with van der Waals surface area (Å²) in [7, 11) is -1.72. The molecule has 0 aliphatic rings. The van der Waals surface area contributed by atoms with Gasteiger partial charge in [0.05, 0.1) is 30.9 Å². The molecule has 0 radical (unpaired) electrons. The quantitative estimate of drug-likeness (QED) is 0.157. The monoisotopic (exact) mass is 530 g/mol. The van der Waals surface area contributed by atoms with Gasteiger partial charge >= 0.3 is 14.2 Å². The van der Waals surface area contributed by atoms with E-state index in [4.69, 9.17) is 29.9 Å². The minimum atomic E-state index is -1.64. The van der Waals surface area contributed by atoms with Crippen molar-refractivity contribution in [3.63, 3.8) is 0 Å². The number of hydrogen-bond acceptors (Lipinski definition) is 10. The maximum Gasteiger partial charge on any atom is 0.490 e. The van der Waals surface area contributed by atoms with Crippen molar-refractivity contribution < 1.29 is 39.5 Å². The van der Waals surface area contributed by atoms with Crippen molar-refractivity contribution in [2.24, 2.45) is 0 Å². The standard InChI is InChI=1S/C13H13BN2O4.C12H11BN2O4/c1-20-12-4-2-9(3-5-12)13(17)16-11-6-10(14(18)19)7-15-8-11;16-11-3-1-8(2-4-11)12(17)15-10-5-9(13(18)19)6-14-7-10/h2-8,18-19H,1H3,(H,16,17);1-7,16,18-19H,(H,15,17). The van der Waals surface area contributed by atoms with E-state index in [2.05, 4.69) is 20.6 Å². The highest BCUT2D eigenvalue weighted by Gasteiger charge is 2.14. The largest absolute Gasteiger partial charge is 0.508 e. The molecule has 14 heteroatoms.